The smallest absolute Gasteiger partial charge is 0.274 e. The lowest BCUT2D eigenvalue weighted by Crippen LogP contribution is -2.41. The summed E-state index contributed by atoms with van der Waals surface area (Å²) in [5.74, 6) is 0.385. The van der Waals surface area contributed by atoms with Gasteiger partial charge < -0.3 is 5.32 Å². The van der Waals surface area contributed by atoms with E-state index < -0.39 is 0 Å². The van der Waals surface area contributed by atoms with Crippen LogP contribution in [0.25, 0.3) is 11.3 Å². The third-order valence-electron chi connectivity index (χ3n) is 4.24. The van der Waals surface area contributed by atoms with Crippen LogP contribution >= 0.6 is 0 Å². The Morgan fingerprint density at radius 2 is 1.95 bits per heavy atom. The molecule has 2 N–H and O–H groups in total. The molecule has 0 radical (unpaired) electrons. The molecule has 5 nitrogen and oxygen atoms in total. The molecule has 3 rings (SSSR count). The Morgan fingerprint density at radius 3 is 2.71 bits per heavy atom. The minimum atomic E-state index is -0.138. The van der Waals surface area contributed by atoms with Gasteiger partial charge in [0.05, 0.1) is 0 Å². The van der Waals surface area contributed by atoms with Crippen molar-refractivity contribution in [2.24, 2.45) is 5.92 Å². The largest absolute Gasteiger partial charge is 0.348 e. The first-order valence-electron chi connectivity index (χ1n) is 7.53. The molecule has 1 heterocycles. The molecule has 2 atom stereocenters. The van der Waals surface area contributed by atoms with Crippen molar-refractivity contribution in [3.63, 3.8) is 0 Å². The van der Waals surface area contributed by atoms with E-state index in [2.05, 4.69) is 27.7 Å². The Hall–Kier alpha value is -2.17. The van der Waals surface area contributed by atoms with E-state index in [4.69, 9.17) is 0 Å². The van der Waals surface area contributed by atoms with Crippen molar-refractivity contribution in [1.29, 1.82) is 0 Å². The molecule has 0 bridgehead atoms. The average Bonchev–Trinajstić information content (AvgIpc) is 3.00. The van der Waals surface area contributed by atoms with E-state index in [0.717, 1.165) is 12.0 Å². The number of aromatic nitrogens is 3. The van der Waals surface area contributed by atoms with Crippen molar-refractivity contribution in [3.8, 4) is 11.3 Å². The van der Waals surface area contributed by atoms with Gasteiger partial charge in [-0.2, -0.15) is 15.4 Å². The van der Waals surface area contributed by atoms with Gasteiger partial charge in [0.15, 0.2) is 5.69 Å². The molecule has 1 saturated carbocycles. The fraction of sp³-hybridized carbons (Fsp3) is 0.438. The van der Waals surface area contributed by atoms with Gasteiger partial charge >= 0.3 is 0 Å². The molecule has 1 aromatic heterocycles. The molecule has 21 heavy (non-hydrogen) atoms. The first kappa shape index (κ1) is 13.8. The Kier molecular flexibility index (Phi) is 3.99. The van der Waals surface area contributed by atoms with Gasteiger partial charge in [-0.3, -0.25) is 4.79 Å². The lowest BCUT2D eigenvalue weighted by Gasteiger charge is -2.29. The molecule has 2 aromatic rings. The number of rotatable bonds is 3. The van der Waals surface area contributed by atoms with Crippen LogP contribution in [-0.4, -0.2) is 27.4 Å². The van der Waals surface area contributed by atoms with Crippen LogP contribution < -0.4 is 5.32 Å². The van der Waals surface area contributed by atoms with E-state index in [-0.39, 0.29) is 11.9 Å². The van der Waals surface area contributed by atoms with Gasteiger partial charge in [0, 0.05) is 11.6 Å². The SMILES string of the molecule is CC1CCCCC1NC(=O)c1n[nH]nc1-c1ccccc1. The third kappa shape index (κ3) is 2.96. The zero-order chi connectivity index (χ0) is 14.7. The van der Waals surface area contributed by atoms with Crippen LogP contribution in [-0.2, 0) is 0 Å². The number of carbonyl (C=O) groups is 1. The van der Waals surface area contributed by atoms with E-state index in [0.29, 0.717) is 17.3 Å². The monoisotopic (exact) mass is 284 g/mol. The predicted molar refractivity (Wildman–Crippen MR) is 80.7 cm³/mol. The lowest BCUT2D eigenvalue weighted by atomic mass is 9.86. The summed E-state index contributed by atoms with van der Waals surface area (Å²) in [6.45, 7) is 2.20. The molecular formula is C16H20N4O. The number of H-pyrrole nitrogens is 1. The van der Waals surface area contributed by atoms with Gasteiger partial charge in [-0.1, -0.05) is 50.1 Å². The third-order valence-corrected chi connectivity index (χ3v) is 4.24. The van der Waals surface area contributed by atoms with Crippen molar-refractivity contribution >= 4 is 5.91 Å². The first-order valence-corrected chi connectivity index (χ1v) is 7.53. The van der Waals surface area contributed by atoms with Crippen LogP contribution in [0.2, 0.25) is 0 Å². The number of nitrogens with one attached hydrogen (secondary N) is 2. The number of nitrogens with zero attached hydrogens (tertiary/aromatic N) is 2. The summed E-state index contributed by atoms with van der Waals surface area (Å²) >= 11 is 0. The maximum absolute atomic E-state index is 12.5. The number of aromatic amines is 1. The summed E-state index contributed by atoms with van der Waals surface area (Å²) < 4.78 is 0. The number of amides is 1. The van der Waals surface area contributed by atoms with E-state index >= 15 is 0 Å². The minimum absolute atomic E-state index is 0.138. The normalized spacial score (nSPS) is 22.0. The second kappa shape index (κ2) is 6.08. The highest BCUT2D eigenvalue weighted by atomic mass is 16.2. The Bertz CT molecular complexity index is 608. The van der Waals surface area contributed by atoms with E-state index in [1.165, 1.54) is 19.3 Å². The van der Waals surface area contributed by atoms with Crippen molar-refractivity contribution in [1.82, 2.24) is 20.7 Å². The molecule has 5 heteroatoms. The summed E-state index contributed by atoms with van der Waals surface area (Å²) in [5, 5.41) is 13.8. The molecule has 110 valence electrons. The summed E-state index contributed by atoms with van der Waals surface area (Å²) in [6.07, 6.45) is 4.66. The highest BCUT2D eigenvalue weighted by Crippen LogP contribution is 2.25. The van der Waals surface area contributed by atoms with Crippen molar-refractivity contribution in [2.75, 3.05) is 0 Å². The van der Waals surface area contributed by atoms with Gasteiger partial charge in [0.25, 0.3) is 5.91 Å². The van der Waals surface area contributed by atoms with E-state index in [9.17, 15) is 4.79 Å². The van der Waals surface area contributed by atoms with Crippen molar-refractivity contribution in [2.45, 2.75) is 38.6 Å². The Balaban J connectivity index is 1.78. The molecule has 1 fully saturated rings. The minimum Gasteiger partial charge on any atom is -0.348 e. The standard InChI is InChI=1S/C16H20N4O/c1-11-7-5-6-10-13(11)17-16(21)15-14(18-20-19-15)12-8-3-2-4-9-12/h2-4,8-9,11,13H,5-7,10H2,1H3,(H,17,21)(H,18,19,20). The van der Waals surface area contributed by atoms with Gasteiger partial charge in [-0.15, -0.1) is 0 Å². The predicted octanol–water partition coefficient (Wildman–Crippen LogP) is 2.78. The topological polar surface area (TPSA) is 70.7 Å². The molecule has 1 aliphatic carbocycles. The van der Waals surface area contributed by atoms with Crippen molar-refractivity contribution in [3.05, 3.63) is 36.0 Å². The van der Waals surface area contributed by atoms with Crippen LogP contribution in [0.3, 0.4) is 0 Å². The fourth-order valence-corrected chi connectivity index (χ4v) is 2.95. The van der Waals surface area contributed by atoms with Crippen LogP contribution in [0, 0.1) is 5.92 Å². The molecule has 2 unspecified atom stereocenters. The number of benzene rings is 1. The zero-order valence-corrected chi connectivity index (χ0v) is 12.2. The van der Waals surface area contributed by atoms with Gasteiger partial charge in [0.1, 0.15) is 5.69 Å². The summed E-state index contributed by atoms with van der Waals surface area (Å²) in [4.78, 5) is 12.5. The van der Waals surface area contributed by atoms with Crippen LogP contribution in [0.4, 0.5) is 0 Å². The molecule has 0 spiro atoms. The fourth-order valence-electron chi connectivity index (χ4n) is 2.95. The van der Waals surface area contributed by atoms with Gasteiger partial charge in [-0.05, 0) is 18.8 Å². The summed E-state index contributed by atoms with van der Waals surface area (Å²) in [7, 11) is 0. The Morgan fingerprint density at radius 1 is 1.19 bits per heavy atom. The second-order valence-corrected chi connectivity index (χ2v) is 5.73. The van der Waals surface area contributed by atoms with Crippen molar-refractivity contribution < 1.29 is 4.79 Å². The lowest BCUT2D eigenvalue weighted by molar-refractivity contribution is 0.0906. The van der Waals surface area contributed by atoms with Gasteiger partial charge in [0.2, 0.25) is 0 Å². The molecular weight excluding hydrogens is 264 g/mol. The Labute approximate surface area is 124 Å². The zero-order valence-electron chi connectivity index (χ0n) is 12.2. The maximum Gasteiger partial charge on any atom is 0.274 e. The van der Waals surface area contributed by atoms with Crippen LogP contribution in [0.15, 0.2) is 30.3 Å². The molecule has 0 saturated heterocycles. The highest BCUT2D eigenvalue weighted by Gasteiger charge is 2.25. The first-order chi connectivity index (χ1) is 10.3. The molecule has 0 aliphatic heterocycles. The second-order valence-electron chi connectivity index (χ2n) is 5.73. The van der Waals surface area contributed by atoms with E-state index in [1.807, 2.05) is 30.3 Å². The maximum atomic E-state index is 12.5. The quantitative estimate of drug-likeness (QED) is 0.910. The summed E-state index contributed by atoms with van der Waals surface area (Å²) in [6, 6.07) is 9.89. The van der Waals surface area contributed by atoms with E-state index in [1.54, 1.807) is 0 Å². The highest BCUT2D eigenvalue weighted by molar-refractivity contribution is 5.98. The number of hydrogen-bond donors (Lipinski definition) is 2. The number of hydrogen-bond acceptors (Lipinski definition) is 3. The van der Waals surface area contributed by atoms with Crippen LogP contribution in [0.1, 0.15) is 43.1 Å². The molecule has 1 aromatic carbocycles. The molecule has 1 aliphatic rings. The van der Waals surface area contributed by atoms with Crippen LogP contribution in [0.5, 0.6) is 0 Å². The number of carbonyl (C=O) groups excluding carboxylic acids is 1. The average molecular weight is 284 g/mol. The van der Waals surface area contributed by atoms with Gasteiger partial charge in [-0.25, -0.2) is 0 Å². The summed E-state index contributed by atoms with van der Waals surface area (Å²) in [5.41, 5.74) is 1.88. The molecule has 1 amide bonds.